The number of benzene rings is 2. The number of nitrogens with one attached hydrogen (secondary N) is 1. The van der Waals surface area contributed by atoms with Crippen molar-refractivity contribution in [3.05, 3.63) is 64.8 Å². The Balaban J connectivity index is 2.17. The molecule has 0 unspecified atom stereocenters. The van der Waals surface area contributed by atoms with Crippen LogP contribution in [0.15, 0.2) is 53.3 Å². The van der Waals surface area contributed by atoms with Crippen LogP contribution in [0, 0.1) is 5.82 Å². The van der Waals surface area contributed by atoms with Gasteiger partial charge in [0.15, 0.2) is 0 Å². The summed E-state index contributed by atoms with van der Waals surface area (Å²) in [6, 6.07) is 13.5. The fourth-order valence-corrected chi connectivity index (χ4v) is 2.44. The summed E-state index contributed by atoms with van der Waals surface area (Å²) in [5, 5.41) is 7.11. The van der Waals surface area contributed by atoms with Crippen molar-refractivity contribution >= 4 is 16.7 Å². The Labute approximate surface area is 117 Å². The van der Waals surface area contributed by atoms with Gasteiger partial charge in [-0.2, -0.15) is 0 Å². The largest absolute Gasteiger partial charge is 0.349 e. The highest BCUT2D eigenvalue weighted by Gasteiger charge is 2.12. The molecule has 4 rings (SSSR count). The summed E-state index contributed by atoms with van der Waals surface area (Å²) in [5.74, 6) is -0.0156. The molecule has 0 fully saturated rings. The Kier molecular flexibility index (Phi) is 2.38. The quantitative estimate of drug-likeness (QED) is 0.582. The van der Waals surface area contributed by atoms with Crippen LogP contribution in [-0.2, 0) is 0 Å². The number of hydrogen-bond acceptors (Lipinski definition) is 3. The summed E-state index contributed by atoms with van der Waals surface area (Å²) in [6.45, 7) is 0. The van der Waals surface area contributed by atoms with Crippen molar-refractivity contribution in [1.82, 2.24) is 19.6 Å². The molecule has 0 aliphatic carbocycles. The third kappa shape index (κ3) is 1.73. The van der Waals surface area contributed by atoms with Crippen LogP contribution >= 0.6 is 0 Å². The number of halogens is 1. The molecule has 102 valence electrons. The molecule has 5 nitrogen and oxygen atoms in total. The second-order valence-electron chi connectivity index (χ2n) is 4.65. The summed E-state index contributed by atoms with van der Waals surface area (Å²) >= 11 is 0. The van der Waals surface area contributed by atoms with Crippen molar-refractivity contribution in [1.29, 1.82) is 0 Å². The van der Waals surface area contributed by atoms with Gasteiger partial charge in [0.2, 0.25) is 0 Å². The molecular formula is C15H9FN4O. The number of fused-ring (bicyclic) bond motifs is 3. The van der Waals surface area contributed by atoms with E-state index in [2.05, 4.69) is 15.2 Å². The van der Waals surface area contributed by atoms with E-state index in [-0.39, 0.29) is 17.3 Å². The minimum absolute atomic E-state index is 0.290. The van der Waals surface area contributed by atoms with Crippen LogP contribution in [0.5, 0.6) is 0 Å². The molecule has 1 N–H and O–H groups in total. The first-order valence-corrected chi connectivity index (χ1v) is 6.36. The average Bonchev–Trinajstić information content (AvgIpc) is 2.89. The smallest absolute Gasteiger partial charge is 0.246 e. The lowest BCUT2D eigenvalue weighted by Gasteiger charge is -2.07. The lowest BCUT2D eigenvalue weighted by molar-refractivity contribution is 0.628. The maximum absolute atomic E-state index is 13.1. The number of H-pyrrole nitrogens is 1. The lowest BCUT2D eigenvalue weighted by atomic mass is 10.1. The third-order valence-corrected chi connectivity index (χ3v) is 3.38. The van der Waals surface area contributed by atoms with Gasteiger partial charge in [0.25, 0.3) is 5.78 Å². The van der Waals surface area contributed by atoms with E-state index in [1.54, 1.807) is 12.1 Å². The minimum Gasteiger partial charge on any atom is -0.246 e. The molecule has 21 heavy (non-hydrogen) atoms. The molecule has 0 aliphatic heterocycles. The Morgan fingerprint density at radius 1 is 1.05 bits per heavy atom. The van der Waals surface area contributed by atoms with Gasteiger partial charge in [-0.1, -0.05) is 18.2 Å². The molecule has 0 aliphatic rings. The molecule has 0 radical (unpaired) electrons. The van der Waals surface area contributed by atoms with Crippen LogP contribution in [0.1, 0.15) is 0 Å². The summed E-state index contributed by atoms with van der Waals surface area (Å²) in [6.07, 6.45) is 0. The fraction of sp³-hybridized carbons (Fsp3) is 0. The van der Waals surface area contributed by atoms with Gasteiger partial charge in [-0.25, -0.2) is 23.7 Å². The first kappa shape index (κ1) is 11.8. The Hall–Kier alpha value is -3.02. The highest BCUT2D eigenvalue weighted by atomic mass is 19.1. The fourth-order valence-electron chi connectivity index (χ4n) is 2.44. The molecule has 0 atom stereocenters. The normalized spacial score (nSPS) is 11.3. The highest BCUT2D eigenvalue weighted by molar-refractivity contribution is 5.93. The van der Waals surface area contributed by atoms with Gasteiger partial charge in [-0.05, 0) is 30.3 Å². The molecular weight excluding hydrogens is 271 g/mol. The van der Waals surface area contributed by atoms with E-state index in [0.717, 1.165) is 10.9 Å². The molecule has 2 heterocycles. The van der Waals surface area contributed by atoms with E-state index in [9.17, 15) is 9.18 Å². The number of nitrogens with zero attached hydrogens (tertiary/aromatic N) is 3. The van der Waals surface area contributed by atoms with Gasteiger partial charge in [0, 0.05) is 10.9 Å². The van der Waals surface area contributed by atoms with Crippen LogP contribution in [0.4, 0.5) is 4.39 Å². The SMILES string of the molecule is O=c1[nH]nc2nc(-c3ccc(F)cc3)c3ccccc3n12. The Bertz CT molecular complexity index is 1020. The van der Waals surface area contributed by atoms with Gasteiger partial charge in [-0.15, -0.1) is 5.10 Å². The van der Waals surface area contributed by atoms with Crippen LogP contribution in [0.2, 0.25) is 0 Å². The third-order valence-electron chi connectivity index (χ3n) is 3.38. The predicted molar refractivity (Wildman–Crippen MR) is 76.5 cm³/mol. The minimum atomic E-state index is -0.334. The van der Waals surface area contributed by atoms with Gasteiger partial charge in [0.05, 0.1) is 11.2 Å². The van der Waals surface area contributed by atoms with Crippen LogP contribution in [0.3, 0.4) is 0 Å². The van der Waals surface area contributed by atoms with Crippen molar-refractivity contribution in [3.8, 4) is 11.3 Å². The molecule has 0 saturated heterocycles. The van der Waals surface area contributed by atoms with Gasteiger partial charge < -0.3 is 0 Å². The molecule has 4 aromatic rings. The molecule has 6 heteroatoms. The molecule has 0 amide bonds. The molecule has 2 aromatic carbocycles. The predicted octanol–water partition coefficient (Wildman–Crippen LogP) is 2.38. The molecule has 0 saturated carbocycles. The summed E-state index contributed by atoms with van der Waals surface area (Å²) in [7, 11) is 0. The van der Waals surface area contributed by atoms with E-state index in [1.807, 2.05) is 24.3 Å². The maximum Gasteiger partial charge on any atom is 0.349 e. The topological polar surface area (TPSA) is 63.0 Å². The van der Waals surface area contributed by atoms with Crippen molar-refractivity contribution in [3.63, 3.8) is 0 Å². The van der Waals surface area contributed by atoms with Crippen LogP contribution < -0.4 is 5.69 Å². The van der Waals surface area contributed by atoms with Crippen LogP contribution in [-0.4, -0.2) is 19.6 Å². The van der Waals surface area contributed by atoms with Gasteiger partial charge in [0.1, 0.15) is 5.82 Å². The van der Waals surface area contributed by atoms with Crippen LogP contribution in [0.25, 0.3) is 27.9 Å². The second kappa shape index (κ2) is 4.24. The summed E-state index contributed by atoms with van der Waals surface area (Å²) in [5.41, 5.74) is 1.81. The number of rotatable bonds is 1. The average molecular weight is 280 g/mol. The van der Waals surface area contributed by atoms with Gasteiger partial charge >= 0.3 is 5.69 Å². The zero-order valence-corrected chi connectivity index (χ0v) is 10.7. The van der Waals surface area contributed by atoms with Crippen molar-refractivity contribution in [2.45, 2.75) is 0 Å². The number of aromatic amines is 1. The first-order chi connectivity index (χ1) is 10.2. The Morgan fingerprint density at radius 3 is 2.62 bits per heavy atom. The number of aromatic nitrogens is 4. The van der Waals surface area contributed by atoms with Crippen molar-refractivity contribution in [2.24, 2.45) is 0 Å². The zero-order valence-electron chi connectivity index (χ0n) is 10.7. The number of hydrogen-bond donors (Lipinski definition) is 1. The maximum atomic E-state index is 13.1. The standard InChI is InChI=1S/C15H9FN4O/c16-10-7-5-9(6-8-10)13-11-3-1-2-4-12(11)20-14(17-13)18-19-15(20)21/h1-8H,(H,19,21). The first-order valence-electron chi connectivity index (χ1n) is 6.36. The lowest BCUT2D eigenvalue weighted by Crippen LogP contribution is -2.11. The monoisotopic (exact) mass is 280 g/mol. The Morgan fingerprint density at radius 2 is 1.81 bits per heavy atom. The van der Waals surface area contributed by atoms with E-state index in [0.29, 0.717) is 11.2 Å². The van der Waals surface area contributed by atoms with Crippen molar-refractivity contribution in [2.75, 3.05) is 0 Å². The summed E-state index contributed by atoms with van der Waals surface area (Å²) < 4.78 is 14.5. The van der Waals surface area contributed by atoms with E-state index in [4.69, 9.17) is 0 Å². The molecule has 2 aromatic heterocycles. The van der Waals surface area contributed by atoms with E-state index >= 15 is 0 Å². The molecule has 0 spiro atoms. The van der Waals surface area contributed by atoms with Gasteiger partial charge in [-0.3, -0.25) is 0 Å². The van der Waals surface area contributed by atoms with Crippen molar-refractivity contribution < 1.29 is 4.39 Å². The second-order valence-corrected chi connectivity index (χ2v) is 4.65. The van der Waals surface area contributed by atoms with E-state index < -0.39 is 0 Å². The molecule has 0 bridgehead atoms. The highest BCUT2D eigenvalue weighted by Crippen LogP contribution is 2.26. The zero-order chi connectivity index (χ0) is 14.4. The summed E-state index contributed by atoms with van der Waals surface area (Å²) in [4.78, 5) is 16.3. The van der Waals surface area contributed by atoms with E-state index in [1.165, 1.54) is 16.5 Å². The number of para-hydroxylation sites is 1.